The molecule has 0 N–H and O–H groups in total. The highest BCUT2D eigenvalue weighted by atomic mass is 15.2. The maximum Gasteiger partial charge on any atom is 0.0459 e. The maximum atomic E-state index is 2.64. The highest BCUT2D eigenvalue weighted by Gasteiger charge is 2.42. The molecular formula is C39H47N. The molecule has 0 bridgehead atoms. The van der Waals surface area contributed by atoms with Crippen LogP contribution in [0.1, 0.15) is 98.4 Å². The largest absolute Gasteiger partial charge is 0.336 e. The van der Waals surface area contributed by atoms with Gasteiger partial charge in [-0.05, 0) is 88.2 Å². The van der Waals surface area contributed by atoms with Crippen molar-refractivity contribution < 1.29 is 0 Å². The minimum Gasteiger partial charge on any atom is -0.336 e. The third-order valence-corrected chi connectivity index (χ3v) is 8.48. The number of benzene rings is 4. The van der Waals surface area contributed by atoms with E-state index in [1.807, 2.05) is 0 Å². The fourth-order valence-corrected chi connectivity index (χ4v) is 7.03. The number of hydrogen-bond acceptors (Lipinski definition) is 1. The molecule has 4 aromatic carbocycles. The summed E-state index contributed by atoms with van der Waals surface area (Å²) in [5.74, 6) is 0. The van der Waals surface area contributed by atoms with E-state index in [0.717, 1.165) is 0 Å². The quantitative estimate of drug-likeness (QED) is 0.255. The molecule has 0 aliphatic heterocycles. The van der Waals surface area contributed by atoms with E-state index in [2.05, 4.69) is 166 Å². The van der Waals surface area contributed by atoms with Crippen molar-refractivity contribution in [1.82, 2.24) is 0 Å². The van der Waals surface area contributed by atoms with Crippen molar-refractivity contribution in [2.75, 3.05) is 4.90 Å². The van der Waals surface area contributed by atoms with Crippen molar-refractivity contribution >= 4 is 11.4 Å². The van der Waals surface area contributed by atoms with Crippen LogP contribution in [0, 0.1) is 0 Å². The van der Waals surface area contributed by atoms with Gasteiger partial charge in [0, 0.05) is 22.3 Å². The first-order valence-electron chi connectivity index (χ1n) is 14.8. The molecule has 0 heterocycles. The standard InChI is InChI=1S/C39H47N/c1-36(2,3)33-27(26-18-13-12-14-19-26)21-17-23-31(33)40(38(7,8)9)32-25-24-29-28-20-15-16-22-30(28)39(10,11)34(29)35(32)37(4,5)6/h12-25H,1-11H3. The molecule has 1 nitrogen and oxygen atoms in total. The number of fused-ring (bicyclic) bond motifs is 3. The van der Waals surface area contributed by atoms with Gasteiger partial charge in [-0.1, -0.05) is 128 Å². The van der Waals surface area contributed by atoms with Gasteiger partial charge >= 0.3 is 0 Å². The Bertz CT molecular complexity index is 1550. The molecule has 1 heteroatoms. The monoisotopic (exact) mass is 529 g/mol. The zero-order valence-electron chi connectivity index (χ0n) is 26.5. The lowest BCUT2D eigenvalue weighted by atomic mass is 9.72. The smallest absolute Gasteiger partial charge is 0.0459 e. The third kappa shape index (κ3) is 4.58. The summed E-state index contributed by atoms with van der Waals surface area (Å²) in [7, 11) is 0. The van der Waals surface area contributed by atoms with Crippen LogP contribution in [0.3, 0.4) is 0 Å². The fraction of sp³-hybridized carbons (Fsp3) is 0.385. The molecule has 0 amide bonds. The summed E-state index contributed by atoms with van der Waals surface area (Å²) < 4.78 is 0. The lowest BCUT2D eigenvalue weighted by molar-refractivity contribution is 0.524. The van der Waals surface area contributed by atoms with Crippen molar-refractivity contribution in [2.45, 2.75) is 97.9 Å². The minimum atomic E-state index is -0.154. The topological polar surface area (TPSA) is 3.24 Å². The number of anilines is 2. The van der Waals surface area contributed by atoms with Crippen LogP contribution in [0.2, 0.25) is 0 Å². The Morgan fingerprint density at radius 1 is 0.500 bits per heavy atom. The van der Waals surface area contributed by atoms with Crippen LogP contribution < -0.4 is 4.90 Å². The summed E-state index contributed by atoms with van der Waals surface area (Å²) in [4.78, 5) is 2.64. The van der Waals surface area contributed by atoms with Gasteiger partial charge in [0.25, 0.3) is 0 Å². The van der Waals surface area contributed by atoms with E-state index < -0.39 is 0 Å². The number of hydrogen-bond donors (Lipinski definition) is 0. The van der Waals surface area contributed by atoms with Crippen LogP contribution in [0.5, 0.6) is 0 Å². The molecular weight excluding hydrogens is 482 g/mol. The van der Waals surface area contributed by atoms with Crippen LogP contribution in [0.25, 0.3) is 22.3 Å². The zero-order chi connectivity index (χ0) is 29.3. The normalized spacial score (nSPS) is 14.6. The summed E-state index contributed by atoms with van der Waals surface area (Å²) in [6, 6.07) is 31.6. The van der Waals surface area contributed by atoms with Gasteiger partial charge in [-0.25, -0.2) is 0 Å². The molecule has 0 unspecified atom stereocenters. The van der Waals surface area contributed by atoms with Gasteiger partial charge in [-0.15, -0.1) is 0 Å². The molecule has 0 saturated heterocycles. The summed E-state index contributed by atoms with van der Waals surface area (Å²) in [5.41, 5.74) is 13.4. The average Bonchev–Trinajstić information content (AvgIpc) is 3.09. The van der Waals surface area contributed by atoms with E-state index in [1.54, 1.807) is 0 Å². The molecule has 1 aliphatic rings. The molecule has 0 saturated carbocycles. The highest BCUT2D eigenvalue weighted by Crippen LogP contribution is 2.56. The Balaban J connectivity index is 1.88. The van der Waals surface area contributed by atoms with Gasteiger partial charge in [-0.3, -0.25) is 0 Å². The van der Waals surface area contributed by atoms with Crippen LogP contribution in [-0.2, 0) is 16.2 Å². The van der Waals surface area contributed by atoms with Gasteiger partial charge in [0.2, 0.25) is 0 Å². The van der Waals surface area contributed by atoms with E-state index in [9.17, 15) is 0 Å². The summed E-state index contributed by atoms with van der Waals surface area (Å²) >= 11 is 0. The molecule has 0 radical (unpaired) electrons. The van der Waals surface area contributed by atoms with Crippen LogP contribution in [-0.4, -0.2) is 5.54 Å². The van der Waals surface area contributed by atoms with Crippen molar-refractivity contribution in [3.8, 4) is 22.3 Å². The molecule has 0 atom stereocenters. The van der Waals surface area contributed by atoms with E-state index in [4.69, 9.17) is 0 Å². The molecule has 0 aromatic heterocycles. The SMILES string of the molecule is CC(C)(C)c1c(-c2ccccc2)cccc1N(c1ccc2c(c1C(C)(C)C)C(C)(C)c1ccccc1-2)C(C)(C)C. The Hall–Kier alpha value is -3.32. The lowest BCUT2D eigenvalue weighted by Crippen LogP contribution is -2.41. The van der Waals surface area contributed by atoms with Crippen molar-refractivity contribution in [3.05, 3.63) is 107 Å². The average molecular weight is 530 g/mol. The molecule has 0 fully saturated rings. The lowest BCUT2D eigenvalue weighted by Gasteiger charge is -2.45. The van der Waals surface area contributed by atoms with Gasteiger partial charge < -0.3 is 4.90 Å². The van der Waals surface area contributed by atoms with E-state index in [1.165, 1.54) is 55.9 Å². The highest BCUT2D eigenvalue weighted by molar-refractivity contribution is 5.88. The predicted molar refractivity (Wildman–Crippen MR) is 175 cm³/mol. The van der Waals surface area contributed by atoms with E-state index in [0.29, 0.717) is 0 Å². The molecule has 0 spiro atoms. The molecule has 40 heavy (non-hydrogen) atoms. The molecule has 4 aromatic rings. The number of rotatable bonds is 3. The zero-order valence-corrected chi connectivity index (χ0v) is 26.5. The van der Waals surface area contributed by atoms with Crippen LogP contribution in [0.15, 0.2) is 84.9 Å². The summed E-state index contributed by atoms with van der Waals surface area (Å²) in [6.45, 7) is 26.1. The van der Waals surface area contributed by atoms with Gasteiger partial charge in [0.1, 0.15) is 0 Å². The van der Waals surface area contributed by atoms with Crippen LogP contribution >= 0.6 is 0 Å². The van der Waals surface area contributed by atoms with Gasteiger partial charge in [0.05, 0.1) is 0 Å². The molecule has 1 aliphatic carbocycles. The third-order valence-electron chi connectivity index (χ3n) is 8.48. The summed E-state index contributed by atoms with van der Waals surface area (Å²) in [5, 5.41) is 0. The second-order valence-corrected chi connectivity index (χ2v) is 15.1. The van der Waals surface area contributed by atoms with Crippen molar-refractivity contribution in [1.29, 1.82) is 0 Å². The van der Waals surface area contributed by atoms with Crippen molar-refractivity contribution in [2.24, 2.45) is 0 Å². The maximum absolute atomic E-state index is 2.64. The first-order chi connectivity index (χ1) is 18.5. The Labute approximate surface area is 243 Å². The minimum absolute atomic E-state index is 0.0531. The number of nitrogens with zero attached hydrogens (tertiary/aromatic N) is 1. The van der Waals surface area contributed by atoms with E-state index in [-0.39, 0.29) is 21.8 Å². The van der Waals surface area contributed by atoms with Gasteiger partial charge in [0.15, 0.2) is 0 Å². The molecule has 5 rings (SSSR count). The Morgan fingerprint density at radius 2 is 1.05 bits per heavy atom. The Morgan fingerprint density at radius 3 is 1.65 bits per heavy atom. The first-order valence-corrected chi connectivity index (χ1v) is 14.8. The predicted octanol–water partition coefficient (Wildman–Crippen LogP) is 11.2. The molecule has 208 valence electrons. The second kappa shape index (κ2) is 9.37. The second-order valence-electron chi connectivity index (χ2n) is 15.1. The van der Waals surface area contributed by atoms with E-state index >= 15 is 0 Å². The Kier molecular flexibility index (Phi) is 6.61. The first kappa shape index (κ1) is 28.2. The summed E-state index contributed by atoms with van der Waals surface area (Å²) in [6.07, 6.45) is 0. The van der Waals surface area contributed by atoms with Gasteiger partial charge in [-0.2, -0.15) is 0 Å². The van der Waals surface area contributed by atoms with Crippen molar-refractivity contribution in [3.63, 3.8) is 0 Å². The van der Waals surface area contributed by atoms with Crippen LogP contribution in [0.4, 0.5) is 11.4 Å². The fourth-order valence-electron chi connectivity index (χ4n) is 7.03.